The summed E-state index contributed by atoms with van der Waals surface area (Å²) >= 11 is 3.35. The van der Waals surface area contributed by atoms with Crippen LogP contribution in [0.5, 0.6) is 0 Å². The van der Waals surface area contributed by atoms with Crippen LogP contribution in [0, 0.1) is 6.57 Å². The molecule has 0 N–H and O–H groups in total. The van der Waals surface area contributed by atoms with Crippen molar-refractivity contribution in [1.82, 2.24) is 0 Å². The van der Waals surface area contributed by atoms with Crippen molar-refractivity contribution < 1.29 is 0 Å². The Bertz CT molecular complexity index is 258. The predicted molar refractivity (Wildman–Crippen MR) is 49.3 cm³/mol. The van der Waals surface area contributed by atoms with Gasteiger partial charge in [0.2, 0.25) is 6.54 Å². The molecular weight excluding hydrogens is 202 g/mol. The van der Waals surface area contributed by atoms with Gasteiger partial charge in [-0.1, -0.05) is 28.1 Å². The van der Waals surface area contributed by atoms with E-state index in [0.717, 1.165) is 10.9 Å². The van der Waals surface area contributed by atoms with Crippen molar-refractivity contribution >= 4 is 15.9 Å². The Morgan fingerprint density at radius 2 is 1.91 bits per heavy atom. The smallest absolute Gasteiger partial charge is 0.218 e. The summed E-state index contributed by atoms with van der Waals surface area (Å²) in [6.45, 7) is 7.19. The average Bonchev–Trinajstić information content (AvgIpc) is 2.04. The van der Waals surface area contributed by atoms with Crippen LogP contribution in [0.1, 0.15) is 5.56 Å². The van der Waals surface area contributed by atoms with Gasteiger partial charge in [-0.2, -0.15) is 0 Å². The number of hydrogen-bond acceptors (Lipinski definition) is 0. The number of nitrogens with zero attached hydrogens (tertiary/aromatic N) is 1. The maximum absolute atomic E-state index is 6.61. The molecule has 0 atom stereocenters. The average molecular weight is 210 g/mol. The Kier molecular flexibility index (Phi) is 3.13. The largest absolute Gasteiger partial charge is 0.317 e. The predicted octanol–water partition coefficient (Wildman–Crippen LogP) is 2.91. The molecule has 0 saturated heterocycles. The summed E-state index contributed by atoms with van der Waals surface area (Å²) in [6, 6.07) is 8.07. The highest BCUT2D eigenvalue weighted by Crippen LogP contribution is 2.10. The molecule has 0 heterocycles. The van der Waals surface area contributed by atoms with Gasteiger partial charge in [0.25, 0.3) is 0 Å². The molecule has 11 heavy (non-hydrogen) atoms. The van der Waals surface area contributed by atoms with Crippen molar-refractivity contribution in [1.29, 1.82) is 0 Å². The first kappa shape index (κ1) is 8.29. The second kappa shape index (κ2) is 4.15. The molecule has 0 fully saturated rings. The van der Waals surface area contributed by atoms with Crippen LogP contribution in [0.15, 0.2) is 28.7 Å². The van der Waals surface area contributed by atoms with Gasteiger partial charge in [0.1, 0.15) is 0 Å². The molecule has 0 radical (unpaired) electrons. The zero-order valence-electron chi connectivity index (χ0n) is 6.05. The van der Waals surface area contributed by atoms with E-state index in [2.05, 4.69) is 20.8 Å². The third-order valence-electron chi connectivity index (χ3n) is 1.43. The molecule has 0 bridgehead atoms. The van der Waals surface area contributed by atoms with Crippen LogP contribution >= 0.6 is 15.9 Å². The minimum absolute atomic E-state index is 0.585. The number of benzene rings is 1. The van der Waals surface area contributed by atoms with Gasteiger partial charge < -0.3 is 4.85 Å². The van der Waals surface area contributed by atoms with Gasteiger partial charge in [-0.25, -0.2) is 6.57 Å². The van der Waals surface area contributed by atoms with Gasteiger partial charge in [0, 0.05) is 10.9 Å². The molecule has 1 rings (SSSR count). The second-order valence-corrected chi connectivity index (χ2v) is 3.17. The molecule has 0 aliphatic rings. The van der Waals surface area contributed by atoms with Crippen molar-refractivity contribution in [2.45, 2.75) is 6.42 Å². The fraction of sp³-hybridized carbons (Fsp3) is 0.222. The molecule has 0 spiro atoms. The zero-order chi connectivity index (χ0) is 8.10. The van der Waals surface area contributed by atoms with E-state index in [4.69, 9.17) is 6.57 Å². The van der Waals surface area contributed by atoms with Crippen molar-refractivity contribution in [3.8, 4) is 0 Å². The zero-order valence-corrected chi connectivity index (χ0v) is 7.63. The van der Waals surface area contributed by atoms with Crippen LogP contribution in [0.3, 0.4) is 0 Å². The maximum atomic E-state index is 6.61. The molecule has 0 amide bonds. The summed E-state index contributed by atoms with van der Waals surface area (Å²) in [7, 11) is 0. The second-order valence-electron chi connectivity index (χ2n) is 2.26. The van der Waals surface area contributed by atoms with Crippen LogP contribution in [-0.2, 0) is 6.42 Å². The molecule has 0 saturated carbocycles. The Hall–Kier alpha value is -0.810. The van der Waals surface area contributed by atoms with E-state index in [1.807, 2.05) is 24.3 Å². The molecule has 0 aromatic heterocycles. The van der Waals surface area contributed by atoms with E-state index in [1.54, 1.807) is 0 Å². The molecule has 1 nitrogen and oxygen atoms in total. The van der Waals surface area contributed by atoms with E-state index in [9.17, 15) is 0 Å². The normalized spacial score (nSPS) is 9.09. The van der Waals surface area contributed by atoms with E-state index >= 15 is 0 Å². The van der Waals surface area contributed by atoms with E-state index in [1.165, 1.54) is 5.56 Å². The summed E-state index contributed by atoms with van der Waals surface area (Å²) in [5.41, 5.74) is 1.23. The summed E-state index contributed by atoms with van der Waals surface area (Å²) in [4.78, 5) is 3.29. The monoisotopic (exact) mass is 209 g/mol. The lowest BCUT2D eigenvalue weighted by Crippen LogP contribution is -1.85. The number of halogens is 1. The molecular formula is C9H8BrN. The number of rotatable bonds is 2. The SMILES string of the molecule is [C-]#[N+]CCc1ccc(Br)cc1. The summed E-state index contributed by atoms with van der Waals surface area (Å²) < 4.78 is 1.09. The van der Waals surface area contributed by atoms with Gasteiger partial charge in [0.05, 0.1) is 0 Å². The Morgan fingerprint density at radius 3 is 2.45 bits per heavy atom. The highest BCUT2D eigenvalue weighted by atomic mass is 79.9. The van der Waals surface area contributed by atoms with Crippen LogP contribution in [0.25, 0.3) is 4.85 Å². The highest BCUT2D eigenvalue weighted by Gasteiger charge is 1.93. The topological polar surface area (TPSA) is 4.36 Å². The molecule has 1 aromatic rings. The van der Waals surface area contributed by atoms with Gasteiger partial charge in [-0.05, 0) is 17.7 Å². The van der Waals surface area contributed by atoms with Gasteiger partial charge >= 0.3 is 0 Å². The van der Waals surface area contributed by atoms with Crippen molar-refractivity contribution in [2.75, 3.05) is 6.54 Å². The van der Waals surface area contributed by atoms with Crippen LogP contribution in [0.2, 0.25) is 0 Å². The van der Waals surface area contributed by atoms with E-state index in [-0.39, 0.29) is 0 Å². The van der Waals surface area contributed by atoms with E-state index in [0.29, 0.717) is 6.54 Å². The molecule has 0 unspecified atom stereocenters. The Morgan fingerprint density at radius 1 is 1.27 bits per heavy atom. The lowest BCUT2D eigenvalue weighted by Gasteiger charge is -1.94. The minimum Gasteiger partial charge on any atom is -0.317 e. The summed E-state index contributed by atoms with van der Waals surface area (Å²) in [6.07, 6.45) is 0.858. The van der Waals surface area contributed by atoms with Crippen molar-refractivity contribution in [3.05, 3.63) is 45.7 Å². The summed E-state index contributed by atoms with van der Waals surface area (Å²) in [5.74, 6) is 0. The van der Waals surface area contributed by atoms with Gasteiger partial charge in [-0.3, -0.25) is 0 Å². The lowest BCUT2D eigenvalue weighted by molar-refractivity contribution is 1.08. The standard InChI is InChI=1S/C9H8BrN/c1-11-7-6-8-2-4-9(10)5-3-8/h2-5H,6-7H2. The summed E-state index contributed by atoms with van der Waals surface area (Å²) in [5, 5.41) is 0. The van der Waals surface area contributed by atoms with Crippen LogP contribution in [0.4, 0.5) is 0 Å². The Labute approximate surface area is 75.0 Å². The highest BCUT2D eigenvalue weighted by molar-refractivity contribution is 9.10. The molecule has 0 aliphatic heterocycles. The maximum Gasteiger partial charge on any atom is 0.218 e. The van der Waals surface area contributed by atoms with E-state index < -0.39 is 0 Å². The molecule has 1 aromatic carbocycles. The third kappa shape index (κ3) is 2.73. The minimum atomic E-state index is 0.585. The first-order chi connectivity index (χ1) is 5.33. The first-order valence-electron chi connectivity index (χ1n) is 3.40. The Balaban J connectivity index is 2.60. The fourth-order valence-corrected chi connectivity index (χ4v) is 1.10. The quantitative estimate of drug-likeness (QED) is 0.661. The molecule has 0 aliphatic carbocycles. The van der Waals surface area contributed by atoms with Gasteiger partial charge in [-0.15, -0.1) is 0 Å². The third-order valence-corrected chi connectivity index (χ3v) is 1.95. The van der Waals surface area contributed by atoms with Crippen molar-refractivity contribution in [2.24, 2.45) is 0 Å². The molecule has 56 valence electrons. The van der Waals surface area contributed by atoms with Crippen molar-refractivity contribution in [3.63, 3.8) is 0 Å². The first-order valence-corrected chi connectivity index (χ1v) is 4.20. The van der Waals surface area contributed by atoms with Crippen LogP contribution < -0.4 is 0 Å². The number of hydrogen-bond donors (Lipinski definition) is 0. The van der Waals surface area contributed by atoms with Crippen LogP contribution in [-0.4, -0.2) is 6.54 Å². The fourth-order valence-electron chi connectivity index (χ4n) is 0.836. The lowest BCUT2D eigenvalue weighted by atomic mass is 10.2. The van der Waals surface area contributed by atoms with Gasteiger partial charge in [0.15, 0.2) is 0 Å². The molecule has 2 heteroatoms.